The van der Waals surface area contributed by atoms with Crippen molar-refractivity contribution in [2.75, 3.05) is 6.54 Å². The van der Waals surface area contributed by atoms with Gasteiger partial charge in [0.1, 0.15) is 6.61 Å². The van der Waals surface area contributed by atoms with E-state index in [4.69, 9.17) is 10.5 Å². The number of carbonyl (C=O) groups is 1. The Balaban J connectivity index is 1.82. The maximum absolute atomic E-state index is 11.8. The third kappa shape index (κ3) is 2.77. The van der Waals surface area contributed by atoms with Crippen LogP contribution < -0.4 is 5.73 Å². The fourth-order valence-corrected chi connectivity index (χ4v) is 1.98. The van der Waals surface area contributed by atoms with Crippen LogP contribution in [0.3, 0.4) is 0 Å². The van der Waals surface area contributed by atoms with Crippen LogP contribution in [0.1, 0.15) is 18.9 Å². The number of hydrogen-bond donors (Lipinski definition) is 1. The Morgan fingerprint density at radius 2 is 2.24 bits per heavy atom. The first-order chi connectivity index (χ1) is 8.18. The van der Waals surface area contributed by atoms with Gasteiger partial charge >= 0.3 is 6.09 Å². The number of ether oxygens (including phenoxy) is 1. The van der Waals surface area contributed by atoms with Crippen molar-refractivity contribution in [2.24, 2.45) is 5.73 Å². The van der Waals surface area contributed by atoms with Crippen LogP contribution in [0.2, 0.25) is 0 Å². The Morgan fingerprint density at radius 1 is 1.53 bits per heavy atom. The van der Waals surface area contributed by atoms with Crippen LogP contribution in [0.4, 0.5) is 4.79 Å². The summed E-state index contributed by atoms with van der Waals surface area (Å²) in [4.78, 5) is 13.5. The van der Waals surface area contributed by atoms with E-state index in [-0.39, 0.29) is 18.2 Å². The van der Waals surface area contributed by atoms with E-state index in [2.05, 4.69) is 0 Å². The van der Waals surface area contributed by atoms with E-state index in [9.17, 15) is 4.79 Å². The van der Waals surface area contributed by atoms with Gasteiger partial charge in [-0.3, -0.25) is 0 Å². The zero-order valence-electron chi connectivity index (χ0n) is 10.0. The maximum Gasteiger partial charge on any atom is 0.410 e. The molecule has 4 nitrogen and oxygen atoms in total. The SMILES string of the molecule is CC(N)C1CCN1C(=O)OCc1ccccc1. The predicted octanol–water partition coefficient (Wildman–Crippen LogP) is 1.74. The summed E-state index contributed by atoms with van der Waals surface area (Å²) in [6.07, 6.45) is 0.709. The Kier molecular flexibility index (Phi) is 3.64. The highest BCUT2D eigenvalue weighted by molar-refractivity contribution is 5.69. The zero-order valence-corrected chi connectivity index (χ0v) is 10.0. The molecule has 0 aromatic heterocycles. The van der Waals surface area contributed by atoms with Crippen LogP contribution in [0.25, 0.3) is 0 Å². The number of amides is 1. The molecule has 0 spiro atoms. The van der Waals surface area contributed by atoms with Crippen molar-refractivity contribution in [3.8, 4) is 0 Å². The molecule has 2 atom stereocenters. The van der Waals surface area contributed by atoms with Gasteiger partial charge in [0.25, 0.3) is 0 Å². The van der Waals surface area contributed by atoms with Crippen LogP contribution in [0.5, 0.6) is 0 Å². The highest BCUT2D eigenvalue weighted by atomic mass is 16.6. The van der Waals surface area contributed by atoms with Crippen molar-refractivity contribution in [3.63, 3.8) is 0 Å². The molecule has 1 aliphatic heterocycles. The van der Waals surface area contributed by atoms with Gasteiger partial charge in [-0.1, -0.05) is 30.3 Å². The largest absolute Gasteiger partial charge is 0.445 e. The molecule has 4 heteroatoms. The van der Waals surface area contributed by atoms with Crippen molar-refractivity contribution in [2.45, 2.75) is 32.0 Å². The first-order valence-corrected chi connectivity index (χ1v) is 5.91. The van der Waals surface area contributed by atoms with Crippen LogP contribution in [-0.2, 0) is 11.3 Å². The van der Waals surface area contributed by atoms with Gasteiger partial charge in [-0.2, -0.15) is 0 Å². The van der Waals surface area contributed by atoms with Gasteiger partial charge in [0.2, 0.25) is 0 Å². The van der Waals surface area contributed by atoms with E-state index >= 15 is 0 Å². The van der Waals surface area contributed by atoms with E-state index in [0.717, 1.165) is 18.5 Å². The average Bonchev–Trinajstić information content (AvgIpc) is 2.25. The summed E-state index contributed by atoms with van der Waals surface area (Å²) in [7, 11) is 0. The van der Waals surface area contributed by atoms with Gasteiger partial charge in [0.15, 0.2) is 0 Å². The van der Waals surface area contributed by atoms with Gasteiger partial charge in [-0.15, -0.1) is 0 Å². The molecule has 0 aliphatic carbocycles. The lowest BCUT2D eigenvalue weighted by atomic mass is 9.98. The van der Waals surface area contributed by atoms with E-state index < -0.39 is 0 Å². The first-order valence-electron chi connectivity index (χ1n) is 5.91. The van der Waals surface area contributed by atoms with E-state index in [1.807, 2.05) is 37.3 Å². The van der Waals surface area contributed by atoms with E-state index in [0.29, 0.717) is 6.61 Å². The van der Waals surface area contributed by atoms with Crippen LogP contribution in [0.15, 0.2) is 30.3 Å². The quantitative estimate of drug-likeness (QED) is 0.866. The second-order valence-corrected chi connectivity index (χ2v) is 4.45. The molecule has 1 aliphatic rings. The molecule has 1 fully saturated rings. The Bertz CT molecular complexity index is 378. The van der Waals surface area contributed by atoms with Crippen LogP contribution in [-0.4, -0.2) is 29.6 Å². The predicted molar refractivity (Wildman–Crippen MR) is 65.4 cm³/mol. The fourth-order valence-electron chi connectivity index (χ4n) is 1.98. The summed E-state index contributed by atoms with van der Waals surface area (Å²) in [5.41, 5.74) is 6.78. The Hall–Kier alpha value is -1.55. The van der Waals surface area contributed by atoms with Gasteiger partial charge in [-0.25, -0.2) is 4.79 Å². The standard InChI is InChI=1S/C13H18N2O2/c1-10(14)12-7-8-15(12)13(16)17-9-11-5-3-2-4-6-11/h2-6,10,12H,7-9,14H2,1H3. The second kappa shape index (κ2) is 5.19. The van der Waals surface area contributed by atoms with Crippen molar-refractivity contribution in [3.05, 3.63) is 35.9 Å². The number of carbonyl (C=O) groups excluding carboxylic acids is 1. The normalized spacial score (nSPS) is 20.6. The zero-order chi connectivity index (χ0) is 12.3. The van der Waals surface area contributed by atoms with Crippen molar-refractivity contribution >= 4 is 6.09 Å². The summed E-state index contributed by atoms with van der Waals surface area (Å²) < 4.78 is 5.24. The minimum Gasteiger partial charge on any atom is -0.445 e. The lowest BCUT2D eigenvalue weighted by Crippen LogP contribution is -2.58. The monoisotopic (exact) mass is 234 g/mol. The van der Waals surface area contributed by atoms with Gasteiger partial charge < -0.3 is 15.4 Å². The molecular formula is C13H18N2O2. The number of rotatable bonds is 3. The summed E-state index contributed by atoms with van der Waals surface area (Å²) in [6, 6.07) is 9.81. The van der Waals surface area contributed by atoms with Crippen molar-refractivity contribution < 1.29 is 9.53 Å². The molecule has 0 saturated carbocycles. The number of likely N-dealkylation sites (tertiary alicyclic amines) is 1. The first kappa shape index (κ1) is 11.9. The van der Waals surface area contributed by atoms with Gasteiger partial charge in [0, 0.05) is 12.6 Å². The third-order valence-corrected chi connectivity index (χ3v) is 3.11. The topological polar surface area (TPSA) is 55.6 Å². The number of nitrogens with two attached hydrogens (primary N) is 1. The molecule has 0 radical (unpaired) electrons. The summed E-state index contributed by atoms with van der Waals surface area (Å²) in [5.74, 6) is 0. The summed E-state index contributed by atoms with van der Waals surface area (Å²) in [6.45, 7) is 2.99. The Labute approximate surface area is 101 Å². The highest BCUT2D eigenvalue weighted by Gasteiger charge is 2.35. The van der Waals surface area contributed by atoms with Crippen molar-refractivity contribution in [1.29, 1.82) is 0 Å². The molecule has 1 aromatic carbocycles. The number of hydrogen-bond acceptors (Lipinski definition) is 3. The summed E-state index contributed by atoms with van der Waals surface area (Å²) >= 11 is 0. The summed E-state index contributed by atoms with van der Waals surface area (Å²) in [5, 5.41) is 0. The molecule has 0 bridgehead atoms. The maximum atomic E-state index is 11.8. The lowest BCUT2D eigenvalue weighted by molar-refractivity contribution is 0.0368. The number of benzene rings is 1. The fraction of sp³-hybridized carbons (Fsp3) is 0.462. The molecule has 17 heavy (non-hydrogen) atoms. The third-order valence-electron chi connectivity index (χ3n) is 3.11. The minimum absolute atomic E-state index is 0.00743. The highest BCUT2D eigenvalue weighted by Crippen LogP contribution is 2.21. The van der Waals surface area contributed by atoms with Crippen LogP contribution >= 0.6 is 0 Å². The molecule has 1 amide bonds. The minimum atomic E-state index is -0.262. The lowest BCUT2D eigenvalue weighted by Gasteiger charge is -2.42. The van der Waals surface area contributed by atoms with Crippen LogP contribution in [0, 0.1) is 0 Å². The van der Waals surface area contributed by atoms with Gasteiger partial charge in [0.05, 0.1) is 6.04 Å². The Morgan fingerprint density at radius 3 is 2.76 bits per heavy atom. The molecule has 1 saturated heterocycles. The smallest absolute Gasteiger partial charge is 0.410 e. The second-order valence-electron chi connectivity index (χ2n) is 4.45. The average molecular weight is 234 g/mol. The molecule has 2 unspecified atom stereocenters. The van der Waals surface area contributed by atoms with E-state index in [1.165, 1.54) is 0 Å². The van der Waals surface area contributed by atoms with Crippen molar-refractivity contribution in [1.82, 2.24) is 4.90 Å². The molecule has 92 valence electrons. The molecule has 2 rings (SSSR count). The molecule has 2 N–H and O–H groups in total. The molecule has 1 heterocycles. The van der Waals surface area contributed by atoms with E-state index in [1.54, 1.807) is 4.90 Å². The van der Waals surface area contributed by atoms with Gasteiger partial charge in [-0.05, 0) is 18.9 Å². The number of nitrogens with zero attached hydrogens (tertiary/aromatic N) is 1. The molecule has 1 aromatic rings. The molecular weight excluding hydrogens is 216 g/mol.